The highest BCUT2D eigenvalue weighted by molar-refractivity contribution is 5.87. The highest BCUT2D eigenvalue weighted by Gasteiger charge is 2.47. The largest absolute Gasteiger partial charge is 0.456 e. The Morgan fingerprint density at radius 2 is 1.41 bits per heavy atom. The van der Waals surface area contributed by atoms with E-state index >= 15 is 0 Å². The average Bonchev–Trinajstić information content (AvgIpc) is 3.36. The highest BCUT2D eigenvalue weighted by Crippen LogP contribution is 2.40. The van der Waals surface area contributed by atoms with Crippen LogP contribution in [0.15, 0.2) is 24.3 Å². The summed E-state index contributed by atoms with van der Waals surface area (Å²) in [5.41, 5.74) is 0.920. The molecule has 0 aromatic carbocycles. The molecule has 0 amide bonds. The van der Waals surface area contributed by atoms with Crippen molar-refractivity contribution < 1.29 is 28.5 Å². The molecule has 150 valence electrons. The van der Waals surface area contributed by atoms with Gasteiger partial charge < -0.3 is 18.9 Å². The molecule has 4 rings (SSSR count). The van der Waals surface area contributed by atoms with E-state index < -0.39 is 0 Å². The van der Waals surface area contributed by atoms with Crippen LogP contribution in [-0.4, -0.2) is 48.6 Å². The minimum Gasteiger partial charge on any atom is -0.456 e. The van der Waals surface area contributed by atoms with Gasteiger partial charge in [0.2, 0.25) is 0 Å². The first-order valence-electron chi connectivity index (χ1n) is 9.78. The average molecular weight is 378 g/mol. The van der Waals surface area contributed by atoms with Crippen LogP contribution in [0.4, 0.5) is 0 Å². The molecule has 6 heteroatoms. The minimum atomic E-state index is -0.293. The van der Waals surface area contributed by atoms with Gasteiger partial charge in [-0.15, -0.1) is 0 Å². The monoisotopic (exact) mass is 378 g/mol. The third-order valence-electron chi connectivity index (χ3n) is 5.73. The molecule has 4 heterocycles. The van der Waals surface area contributed by atoms with Crippen molar-refractivity contribution in [1.82, 2.24) is 0 Å². The molecular weight excluding hydrogens is 348 g/mol. The van der Waals surface area contributed by atoms with E-state index in [2.05, 4.69) is 20.1 Å². The van der Waals surface area contributed by atoms with Gasteiger partial charge in [0.1, 0.15) is 12.2 Å². The second kappa shape index (κ2) is 8.15. The molecule has 7 atom stereocenters. The zero-order valence-electron chi connectivity index (χ0n) is 16.4. The first kappa shape index (κ1) is 20.1. The van der Waals surface area contributed by atoms with Crippen molar-refractivity contribution in [3.63, 3.8) is 0 Å². The third kappa shape index (κ3) is 4.61. The summed E-state index contributed by atoms with van der Waals surface area (Å²) in [6, 6.07) is 0. The van der Waals surface area contributed by atoms with Gasteiger partial charge in [-0.25, -0.2) is 9.59 Å². The van der Waals surface area contributed by atoms with Gasteiger partial charge in [0.25, 0.3) is 0 Å². The molecule has 27 heavy (non-hydrogen) atoms. The molecule has 4 fully saturated rings. The fraction of sp³-hybridized carbons (Fsp3) is 0.714. The van der Waals surface area contributed by atoms with Crippen LogP contribution in [0.5, 0.6) is 0 Å². The van der Waals surface area contributed by atoms with E-state index in [1.165, 1.54) is 0 Å². The number of fused-ring (bicyclic) bond motifs is 4. The van der Waals surface area contributed by atoms with Gasteiger partial charge in [-0.05, 0) is 39.0 Å². The van der Waals surface area contributed by atoms with Crippen LogP contribution >= 0.6 is 0 Å². The quantitative estimate of drug-likeness (QED) is 0.553. The Morgan fingerprint density at radius 3 is 1.78 bits per heavy atom. The number of rotatable bonds is 4. The van der Waals surface area contributed by atoms with E-state index in [0.717, 1.165) is 32.1 Å². The molecule has 4 aliphatic heterocycles. The zero-order valence-corrected chi connectivity index (χ0v) is 16.4. The maximum atomic E-state index is 11.3. The molecule has 0 N–H and O–H groups in total. The van der Waals surface area contributed by atoms with Crippen LogP contribution in [0.1, 0.15) is 52.9 Å². The van der Waals surface area contributed by atoms with Gasteiger partial charge in [-0.3, -0.25) is 0 Å². The van der Waals surface area contributed by atoms with Crippen molar-refractivity contribution in [2.45, 2.75) is 89.5 Å². The van der Waals surface area contributed by atoms with Crippen LogP contribution in [0.2, 0.25) is 0 Å². The molecule has 0 aromatic rings. The summed E-state index contributed by atoms with van der Waals surface area (Å²) < 4.78 is 21.8. The van der Waals surface area contributed by atoms with Crippen molar-refractivity contribution in [1.29, 1.82) is 0 Å². The Balaban J connectivity index is 0.000000156. The molecule has 0 aromatic heterocycles. The maximum absolute atomic E-state index is 11.3. The third-order valence-corrected chi connectivity index (χ3v) is 5.73. The Morgan fingerprint density at radius 1 is 0.815 bits per heavy atom. The number of hydrogen-bond acceptors (Lipinski definition) is 6. The summed E-state index contributed by atoms with van der Waals surface area (Å²) in [5.74, 6) is 0.0275. The van der Waals surface area contributed by atoms with Gasteiger partial charge in [-0.2, -0.15) is 0 Å². The van der Waals surface area contributed by atoms with E-state index in [-0.39, 0.29) is 36.4 Å². The minimum absolute atomic E-state index is 0.0250. The van der Waals surface area contributed by atoms with Crippen molar-refractivity contribution in [3.05, 3.63) is 24.3 Å². The van der Waals surface area contributed by atoms with Crippen molar-refractivity contribution >= 4 is 11.9 Å². The molecule has 4 bridgehead atoms. The number of ether oxygens (including phenoxy) is 4. The molecule has 7 unspecified atom stereocenters. The molecule has 0 radical (unpaired) electrons. The molecule has 0 aliphatic carbocycles. The second-order valence-electron chi connectivity index (χ2n) is 8.22. The van der Waals surface area contributed by atoms with Gasteiger partial charge in [0.15, 0.2) is 0 Å². The predicted molar refractivity (Wildman–Crippen MR) is 99.0 cm³/mol. The molecule has 4 aliphatic rings. The fourth-order valence-corrected chi connectivity index (χ4v) is 4.16. The maximum Gasteiger partial charge on any atom is 0.333 e. The molecule has 0 saturated carbocycles. The van der Waals surface area contributed by atoms with Crippen LogP contribution in [-0.2, 0) is 28.5 Å². The van der Waals surface area contributed by atoms with E-state index in [1.54, 1.807) is 13.8 Å². The lowest BCUT2D eigenvalue weighted by Crippen LogP contribution is -2.31. The van der Waals surface area contributed by atoms with Crippen molar-refractivity contribution in [3.8, 4) is 0 Å². The predicted octanol–water partition coefficient (Wildman–Crippen LogP) is 3.10. The Labute approximate surface area is 160 Å². The second-order valence-corrected chi connectivity index (χ2v) is 8.22. The summed E-state index contributed by atoms with van der Waals surface area (Å²) in [7, 11) is 0. The van der Waals surface area contributed by atoms with Crippen molar-refractivity contribution in [2.24, 2.45) is 5.92 Å². The number of carbonyl (C=O) groups excluding carboxylic acids is 2. The van der Waals surface area contributed by atoms with Gasteiger partial charge in [-0.1, -0.05) is 20.1 Å². The number of esters is 2. The normalized spacial score (nSPS) is 38.1. The molecule has 4 saturated heterocycles. The van der Waals surface area contributed by atoms with Crippen molar-refractivity contribution in [2.75, 3.05) is 0 Å². The fourth-order valence-electron chi connectivity index (χ4n) is 4.16. The summed E-state index contributed by atoms with van der Waals surface area (Å²) in [6.45, 7) is 12.6. The summed E-state index contributed by atoms with van der Waals surface area (Å²) in [5, 5.41) is 0. The first-order chi connectivity index (χ1) is 12.7. The summed E-state index contributed by atoms with van der Waals surface area (Å²) in [6.07, 6.45) is 5.70. The van der Waals surface area contributed by atoms with Gasteiger partial charge in [0, 0.05) is 24.0 Å². The van der Waals surface area contributed by atoms with Crippen LogP contribution in [0.25, 0.3) is 0 Å². The lowest BCUT2D eigenvalue weighted by Gasteiger charge is -2.22. The SMILES string of the molecule is C=C(C)C(=O)OC1CC2CCC1O2.C=C(C)C(=O)OC1CC2OC1CC2C. The van der Waals surface area contributed by atoms with Crippen LogP contribution in [0.3, 0.4) is 0 Å². The Hall–Kier alpha value is -1.66. The lowest BCUT2D eigenvalue weighted by atomic mass is 9.89. The van der Waals surface area contributed by atoms with Crippen LogP contribution < -0.4 is 0 Å². The van der Waals surface area contributed by atoms with E-state index in [0.29, 0.717) is 29.3 Å². The standard InChI is InChI=1S/C11H16O3.C10H14O3/c1-6(2)11(12)14-10-5-8-7(3)4-9(10)13-8;1-6(2)10(11)13-9-5-7-3-4-8(9)12-7/h7-10H,1,4-5H2,2-3H3;7-9H,1,3-5H2,2H3. The number of hydrogen-bond donors (Lipinski definition) is 0. The summed E-state index contributed by atoms with van der Waals surface area (Å²) in [4.78, 5) is 22.5. The first-order valence-corrected chi connectivity index (χ1v) is 9.78. The van der Waals surface area contributed by atoms with E-state index in [4.69, 9.17) is 18.9 Å². The van der Waals surface area contributed by atoms with Gasteiger partial charge in [0.05, 0.1) is 24.4 Å². The summed E-state index contributed by atoms with van der Waals surface area (Å²) >= 11 is 0. The molecular formula is C21H30O6. The Kier molecular flexibility index (Phi) is 6.06. The van der Waals surface area contributed by atoms with E-state index in [1.807, 2.05) is 0 Å². The topological polar surface area (TPSA) is 71.1 Å². The molecule has 0 spiro atoms. The smallest absolute Gasteiger partial charge is 0.333 e. The molecule has 6 nitrogen and oxygen atoms in total. The lowest BCUT2D eigenvalue weighted by molar-refractivity contribution is -0.147. The van der Waals surface area contributed by atoms with Gasteiger partial charge >= 0.3 is 11.9 Å². The zero-order chi connectivity index (χ0) is 19.7. The van der Waals surface area contributed by atoms with Crippen LogP contribution in [0, 0.1) is 5.92 Å². The van der Waals surface area contributed by atoms with E-state index in [9.17, 15) is 9.59 Å². The highest BCUT2D eigenvalue weighted by atomic mass is 16.6. The Bertz CT molecular complexity index is 624. The number of carbonyl (C=O) groups is 2.